The smallest absolute Gasteiger partial charge is 0.137 e. The van der Waals surface area contributed by atoms with Crippen molar-refractivity contribution in [2.45, 2.75) is 25.8 Å². The molecule has 29 heavy (non-hydrogen) atoms. The lowest BCUT2D eigenvalue weighted by atomic mass is 9.90. The number of fused-ring (bicyclic) bond motifs is 1. The van der Waals surface area contributed by atoms with Gasteiger partial charge in [0.1, 0.15) is 5.82 Å². The molecule has 2 heterocycles. The molecule has 0 spiro atoms. The lowest BCUT2D eigenvalue weighted by Crippen LogP contribution is -2.33. The highest BCUT2D eigenvalue weighted by Crippen LogP contribution is 2.25. The molecular weight excluding hydrogens is 354 g/mol. The Kier molecular flexibility index (Phi) is 5.14. The van der Waals surface area contributed by atoms with E-state index in [0.717, 1.165) is 23.9 Å². The predicted molar refractivity (Wildman–Crippen MR) is 120 cm³/mol. The zero-order valence-electron chi connectivity index (χ0n) is 16.7. The highest BCUT2D eigenvalue weighted by molar-refractivity contribution is 5.86. The van der Waals surface area contributed by atoms with Crippen LogP contribution in [0.15, 0.2) is 79.0 Å². The zero-order valence-corrected chi connectivity index (χ0v) is 16.7. The topological polar surface area (TPSA) is 31.9 Å². The van der Waals surface area contributed by atoms with Crippen molar-refractivity contribution in [1.82, 2.24) is 14.9 Å². The van der Waals surface area contributed by atoms with Gasteiger partial charge in [0.25, 0.3) is 0 Å². The van der Waals surface area contributed by atoms with Gasteiger partial charge in [-0.05, 0) is 60.7 Å². The summed E-state index contributed by atoms with van der Waals surface area (Å²) in [5.74, 6) is 1.77. The van der Waals surface area contributed by atoms with Crippen LogP contribution in [-0.4, -0.2) is 28.0 Å². The first kappa shape index (κ1) is 18.1. The summed E-state index contributed by atoms with van der Waals surface area (Å²) in [4.78, 5) is 10.7. The summed E-state index contributed by atoms with van der Waals surface area (Å²) < 4.78 is 0. The molecule has 3 heteroatoms. The van der Waals surface area contributed by atoms with Crippen LogP contribution < -0.4 is 0 Å². The molecule has 0 aliphatic carbocycles. The van der Waals surface area contributed by atoms with E-state index in [1.807, 2.05) is 6.20 Å². The molecule has 3 nitrogen and oxygen atoms in total. The van der Waals surface area contributed by atoms with Crippen molar-refractivity contribution in [1.29, 1.82) is 0 Å². The Morgan fingerprint density at radius 2 is 1.62 bits per heavy atom. The lowest BCUT2D eigenvalue weighted by Gasteiger charge is -2.31. The molecule has 4 aromatic rings. The van der Waals surface area contributed by atoms with E-state index in [4.69, 9.17) is 0 Å². The average molecular weight is 382 g/mol. The van der Waals surface area contributed by atoms with E-state index in [2.05, 4.69) is 87.7 Å². The van der Waals surface area contributed by atoms with Crippen LogP contribution in [-0.2, 0) is 13.0 Å². The minimum Gasteiger partial charge on any atom is -0.341 e. The normalized spacial score (nSPS) is 15.7. The first-order chi connectivity index (χ1) is 14.3. The lowest BCUT2D eigenvalue weighted by molar-refractivity contribution is 0.175. The number of benzene rings is 3. The van der Waals surface area contributed by atoms with Crippen LogP contribution in [0, 0.1) is 5.92 Å². The maximum absolute atomic E-state index is 4.65. The summed E-state index contributed by atoms with van der Waals surface area (Å²) in [5, 5.41) is 2.52. The third-order valence-corrected chi connectivity index (χ3v) is 6.12. The van der Waals surface area contributed by atoms with Gasteiger partial charge >= 0.3 is 0 Å². The number of hydrogen-bond donors (Lipinski definition) is 1. The quantitative estimate of drug-likeness (QED) is 0.482. The predicted octanol–water partition coefficient (Wildman–Crippen LogP) is 5.68. The number of piperidine rings is 1. The van der Waals surface area contributed by atoms with Crippen molar-refractivity contribution in [2.24, 2.45) is 5.92 Å². The molecule has 1 saturated heterocycles. The van der Waals surface area contributed by atoms with Crippen LogP contribution in [0.4, 0.5) is 0 Å². The summed E-state index contributed by atoms with van der Waals surface area (Å²) in [6.07, 6.45) is 5.77. The molecule has 3 aromatic carbocycles. The van der Waals surface area contributed by atoms with E-state index < -0.39 is 0 Å². The SMILES string of the molecule is c1ccc(CC2CCN(Cc3cnc(-c4ccc5ccccc5c4)[nH]3)CC2)cc1. The molecule has 0 amide bonds. The molecule has 0 bridgehead atoms. The van der Waals surface area contributed by atoms with Gasteiger partial charge in [-0.15, -0.1) is 0 Å². The average Bonchev–Trinajstić information content (AvgIpc) is 3.24. The van der Waals surface area contributed by atoms with E-state index >= 15 is 0 Å². The zero-order chi connectivity index (χ0) is 19.5. The fourth-order valence-corrected chi connectivity index (χ4v) is 4.46. The van der Waals surface area contributed by atoms with Gasteiger partial charge in [0, 0.05) is 24.0 Å². The van der Waals surface area contributed by atoms with Crippen LogP contribution in [0.25, 0.3) is 22.2 Å². The summed E-state index contributed by atoms with van der Waals surface area (Å²) in [7, 11) is 0. The van der Waals surface area contributed by atoms with E-state index in [1.165, 1.54) is 54.4 Å². The molecule has 0 atom stereocenters. The van der Waals surface area contributed by atoms with Crippen molar-refractivity contribution in [2.75, 3.05) is 13.1 Å². The van der Waals surface area contributed by atoms with Gasteiger partial charge < -0.3 is 4.98 Å². The molecule has 0 radical (unpaired) electrons. The summed E-state index contributed by atoms with van der Waals surface area (Å²) in [6.45, 7) is 3.29. The standard InChI is InChI=1S/C26H27N3/c1-2-6-20(7-3-1)16-21-12-14-29(15-13-21)19-25-18-27-26(28-25)24-11-10-22-8-4-5-9-23(22)17-24/h1-11,17-18,21H,12-16,19H2,(H,27,28). The Morgan fingerprint density at radius 1 is 0.862 bits per heavy atom. The molecule has 1 aromatic heterocycles. The van der Waals surface area contributed by atoms with E-state index in [9.17, 15) is 0 Å². The number of likely N-dealkylation sites (tertiary alicyclic amines) is 1. The Hall–Kier alpha value is -2.91. The number of rotatable bonds is 5. The molecular formula is C26H27N3. The van der Waals surface area contributed by atoms with Gasteiger partial charge in [0.15, 0.2) is 0 Å². The maximum atomic E-state index is 4.65. The van der Waals surface area contributed by atoms with Gasteiger partial charge in [0.2, 0.25) is 0 Å². The van der Waals surface area contributed by atoms with E-state index in [-0.39, 0.29) is 0 Å². The molecule has 1 aliphatic rings. The van der Waals surface area contributed by atoms with E-state index in [1.54, 1.807) is 0 Å². The fourth-order valence-electron chi connectivity index (χ4n) is 4.46. The number of nitrogens with one attached hydrogen (secondary N) is 1. The third-order valence-electron chi connectivity index (χ3n) is 6.12. The number of imidazole rings is 1. The highest BCUT2D eigenvalue weighted by atomic mass is 15.1. The summed E-state index contributed by atoms with van der Waals surface area (Å²) in [5.41, 5.74) is 3.82. The molecule has 5 rings (SSSR count). The number of nitrogens with zero attached hydrogens (tertiary/aromatic N) is 2. The van der Waals surface area contributed by atoms with Gasteiger partial charge in [-0.2, -0.15) is 0 Å². The van der Waals surface area contributed by atoms with Gasteiger partial charge in [-0.3, -0.25) is 4.90 Å². The summed E-state index contributed by atoms with van der Waals surface area (Å²) in [6, 6.07) is 25.9. The van der Waals surface area contributed by atoms with Crippen LogP contribution in [0.3, 0.4) is 0 Å². The second-order valence-electron chi connectivity index (χ2n) is 8.23. The minimum atomic E-state index is 0.809. The first-order valence-corrected chi connectivity index (χ1v) is 10.6. The molecule has 1 aliphatic heterocycles. The largest absolute Gasteiger partial charge is 0.341 e. The van der Waals surface area contributed by atoms with Crippen LogP contribution in [0.2, 0.25) is 0 Å². The van der Waals surface area contributed by atoms with Gasteiger partial charge in [-0.25, -0.2) is 4.98 Å². The fraction of sp³-hybridized carbons (Fsp3) is 0.269. The second-order valence-corrected chi connectivity index (χ2v) is 8.23. The third kappa shape index (κ3) is 4.25. The monoisotopic (exact) mass is 381 g/mol. The Labute approximate surface area is 172 Å². The van der Waals surface area contributed by atoms with Crippen molar-refractivity contribution in [3.63, 3.8) is 0 Å². The van der Waals surface area contributed by atoms with Gasteiger partial charge in [0.05, 0.1) is 0 Å². The van der Waals surface area contributed by atoms with Crippen LogP contribution in [0.5, 0.6) is 0 Å². The van der Waals surface area contributed by atoms with Crippen LogP contribution >= 0.6 is 0 Å². The Bertz CT molecular complexity index is 1080. The number of H-pyrrole nitrogens is 1. The molecule has 0 unspecified atom stereocenters. The number of hydrogen-bond acceptors (Lipinski definition) is 2. The molecule has 0 saturated carbocycles. The van der Waals surface area contributed by atoms with Crippen molar-refractivity contribution in [3.8, 4) is 11.4 Å². The number of aromatic amines is 1. The van der Waals surface area contributed by atoms with E-state index in [0.29, 0.717) is 0 Å². The minimum absolute atomic E-state index is 0.809. The first-order valence-electron chi connectivity index (χ1n) is 10.6. The van der Waals surface area contributed by atoms with Crippen molar-refractivity contribution >= 4 is 10.8 Å². The molecule has 1 fully saturated rings. The Balaban J connectivity index is 1.19. The highest BCUT2D eigenvalue weighted by Gasteiger charge is 2.20. The number of aromatic nitrogens is 2. The molecule has 146 valence electrons. The molecule has 1 N–H and O–H groups in total. The summed E-state index contributed by atoms with van der Waals surface area (Å²) >= 11 is 0. The maximum Gasteiger partial charge on any atom is 0.137 e. The van der Waals surface area contributed by atoms with Crippen molar-refractivity contribution < 1.29 is 0 Å². The van der Waals surface area contributed by atoms with Crippen molar-refractivity contribution in [3.05, 3.63) is 90.3 Å². The van der Waals surface area contributed by atoms with Gasteiger partial charge in [-0.1, -0.05) is 66.7 Å². The second kappa shape index (κ2) is 8.22. The Morgan fingerprint density at radius 3 is 2.45 bits per heavy atom. The van der Waals surface area contributed by atoms with Crippen LogP contribution in [0.1, 0.15) is 24.1 Å².